The van der Waals surface area contributed by atoms with Crippen LogP contribution in [0.3, 0.4) is 0 Å². The van der Waals surface area contributed by atoms with Crippen molar-refractivity contribution in [2.75, 3.05) is 6.54 Å². The van der Waals surface area contributed by atoms with E-state index in [1.807, 2.05) is 0 Å². The minimum atomic E-state index is 0.572. The van der Waals surface area contributed by atoms with Crippen molar-refractivity contribution in [3.8, 4) is 0 Å². The molecule has 0 aromatic rings. The van der Waals surface area contributed by atoms with Crippen LogP contribution >= 0.6 is 0 Å². The number of hydrogen-bond acceptors (Lipinski definition) is 2. The largest absolute Gasteiger partial charge is 0.466 e. The Balaban J connectivity index is 2.01. The molecule has 2 heteroatoms. The van der Waals surface area contributed by atoms with Gasteiger partial charge in [0, 0.05) is 0 Å². The number of hydrogen-bond donors (Lipinski definition) is 2. The molecule has 2 nitrogen and oxygen atoms in total. The standard InChI is InChI=1S/C8H17N2/c1-7(2)10-6-8-4-3-5-9-8/h6-10H,3-5H2,1-2H3/q-1. The number of rotatable bonds is 3. The molecule has 2 N–H and O–H groups in total. The predicted molar refractivity (Wildman–Crippen MR) is 43.6 cm³/mol. The van der Waals surface area contributed by atoms with E-state index < -0.39 is 0 Å². The van der Waals surface area contributed by atoms with Crippen molar-refractivity contribution >= 4 is 0 Å². The molecule has 1 unspecified atom stereocenters. The van der Waals surface area contributed by atoms with Crippen molar-refractivity contribution in [2.45, 2.75) is 38.8 Å². The van der Waals surface area contributed by atoms with Crippen molar-refractivity contribution in [3.63, 3.8) is 0 Å². The maximum Gasteiger partial charge on any atom is -0.00744 e. The van der Waals surface area contributed by atoms with E-state index in [1.54, 1.807) is 0 Å². The number of nitrogens with one attached hydrogen (secondary N) is 2. The van der Waals surface area contributed by atoms with Gasteiger partial charge in [0.2, 0.25) is 0 Å². The lowest BCUT2D eigenvalue weighted by atomic mass is 10.2. The molecule has 1 aliphatic heterocycles. The molecule has 10 heavy (non-hydrogen) atoms. The molecule has 1 atom stereocenters. The molecule has 0 saturated carbocycles. The molecule has 1 heterocycles. The summed E-state index contributed by atoms with van der Waals surface area (Å²) in [5.41, 5.74) is 0. The van der Waals surface area contributed by atoms with Crippen molar-refractivity contribution in [1.82, 2.24) is 10.6 Å². The van der Waals surface area contributed by atoms with Crippen LogP contribution in [0.25, 0.3) is 0 Å². The molecule has 60 valence electrons. The van der Waals surface area contributed by atoms with Gasteiger partial charge in [-0.15, -0.1) is 6.04 Å². The Morgan fingerprint density at radius 3 is 2.90 bits per heavy atom. The second-order valence-electron chi connectivity index (χ2n) is 3.19. The topological polar surface area (TPSA) is 24.1 Å². The molecule has 0 spiro atoms. The summed E-state index contributed by atoms with van der Waals surface area (Å²) >= 11 is 0. The lowest BCUT2D eigenvalue weighted by Gasteiger charge is -2.25. The summed E-state index contributed by atoms with van der Waals surface area (Å²) < 4.78 is 0. The van der Waals surface area contributed by atoms with Crippen LogP contribution < -0.4 is 10.6 Å². The fourth-order valence-corrected chi connectivity index (χ4v) is 1.16. The average Bonchev–Trinajstić information content (AvgIpc) is 2.34. The third-order valence-corrected chi connectivity index (χ3v) is 1.73. The molecule has 1 fully saturated rings. The van der Waals surface area contributed by atoms with E-state index in [-0.39, 0.29) is 0 Å². The molecule has 1 aliphatic rings. The zero-order chi connectivity index (χ0) is 7.40. The SMILES string of the molecule is CC(C)N[CH-]C1CCCN1. The van der Waals surface area contributed by atoms with Crippen LogP contribution in [-0.2, 0) is 0 Å². The fraction of sp³-hybridized carbons (Fsp3) is 0.875. The first-order chi connectivity index (χ1) is 4.79. The second kappa shape index (κ2) is 3.94. The van der Waals surface area contributed by atoms with E-state index in [0.717, 1.165) is 0 Å². The molecule has 0 aromatic carbocycles. The van der Waals surface area contributed by atoms with Gasteiger partial charge in [0.25, 0.3) is 0 Å². The van der Waals surface area contributed by atoms with E-state index in [4.69, 9.17) is 0 Å². The highest BCUT2D eigenvalue weighted by molar-refractivity contribution is 4.85. The summed E-state index contributed by atoms with van der Waals surface area (Å²) in [7, 11) is 0. The van der Waals surface area contributed by atoms with E-state index in [2.05, 4.69) is 31.0 Å². The minimum Gasteiger partial charge on any atom is -0.466 e. The lowest BCUT2D eigenvalue weighted by Crippen LogP contribution is -2.32. The highest BCUT2D eigenvalue weighted by Crippen LogP contribution is 2.05. The van der Waals surface area contributed by atoms with Crippen molar-refractivity contribution in [1.29, 1.82) is 0 Å². The first-order valence-corrected chi connectivity index (χ1v) is 4.12. The van der Waals surface area contributed by atoms with Gasteiger partial charge in [-0.3, -0.25) is 6.54 Å². The smallest absolute Gasteiger partial charge is 0.00744 e. The van der Waals surface area contributed by atoms with Gasteiger partial charge < -0.3 is 10.6 Å². The summed E-state index contributed by atoms with van der Waals surface area (Å²) in [6.07, 6.45) is 2.61. The van der Waals surface area contributed by atoms with Crippen molar-refractivity contribution in [2.24, 2.45) is 0 Å². The van der Waals surface area contributed by atoms with Crippen molar-refractivity contribution in [3.05, 3.63) is 6.54 Å². The van der Waals surface area contributed by atoms with Gasteiger partial charge in [-0.2, -0.15) is 0 Å². The summed E-state index contributed by atoms with van der Waals surface area (Å²) in [6.45, 7) is 7.68. The molecule has 1 saturated heterocycles. The Hall–Kier alpha value is -0.0800. The van der Waals surface area contributed by atoms with Crippen LogP contribution in [0.4, 0.5) is 0 Å². The van der Waals surface area contributed by atoms with E-state index in [0.29, 0.717) is 12.1 Å². The van der Waals surface area contributed by atoms with Gasteiger partial charge >= 0.3 is 0 Å². The highest BCUT2D eigenvalue weighted by Gasteiger charge is 2.04. The Kier molecular flexibility index (Phi) is 3.16. The molecule has 0 aromatic heterocycles. The normalized spacial score (nSPS) is 26.1. The lowest BCUT2D eigenvalue weighted by molar-refractivity contribution is 0.565. The molecule has 1 rings (SSSR count). The molecule has 0 bridgehead atoms. The van der Waals surface area contributed by atoms with Gasteiger partial charge in [-0.05, 0) is 19.0 Å². The summed E-state index contributed by atoms with van der Waals surface area (Å²) in [5.74, 6) is 0. The molecular weight excluding hydrogens is 124 g/mol. The van der Waals surface area contributed by atoms with Gasteiger partial charge in [0.15, 0.2) is 0 Å². The minimum absolute atomic E-state index is 0.572. The van der Waals surface area contributed by atoms with Crippen LogP contribution in [0.5, 0.6) is 0 Å². The Bertz CT molecular complexity index is 85.3. The third kappa shape index (κ3) is 2.67. The van der Waals surface area contributed by atoms with Gasteiger partial charge in [0.1, 0.15) is 0 Å². The Morgan fingerprint density at radius 2 is 2.40 bits per heavy atom. The van der Waals surface area contributed by atoms with Crippen molar-refractivity contribution < 1.29 is 0 Å². The van der Waals surface area contributed by atoms with Crippen LogP contribution in [0, 0.1) is 6.54 Å². The third-order valence-electron chi connectivity index (χ3n) is 1.73. The summed E-state index contributed by atoms with van der Waals surface area (Å²) in [6, 6.07) is 1.18. The Morgan fingerprint density at radius 1 is 1.60 bits per heavy atom. The van der Waals surface area contributed by atoms with Gasteiger partial charge in [-0.1, -0.05) is 20.3 Å². The van der Waals surface area contributed by atoms with Crippen LogP contribution in [0.15, 0.2) is 0 Å². The first-order valence-electron chi connectivity index (χ1n) is 4.12. The maximum absolute atomic E-state index is 3.39. The maximum atomic E-state index is 3.39. The van der Waals surface area contributed by atoms with Crippen LogP contribution in [-0.4, -0.2) is 18.6 Å². The summed E-state index contributed by atoms with van der Waals surface area (Å²) in [4.78, 5) is 0. The van der Waals surface area contributed by atoms with Gasteiger partial charge in [0.05, 0.1) is 0 Å². The van der Waals surface area contributed by atoms with Crippen LogP contribution in [0.1, 0.15) is 26.7 Å². The molecule has 0 amide bonds. The summed E-state index contributed by atoms with van der Waals surface area (Å²) in [5, 5.41) is 6.69. The quantitative estimate of drug-likeness (QED) is 0.571. The van der Waals surface area contributed by atoms with E-state index in [9.17, 15) is 0 Å². The zero-order valence-corrected chi connectivity index (χ0v) is 6.85. The predicted octanol–water partition coefficient (Wildman–Crippen LogP) is 0.898. The average molecular weight is 141 g/mol. The Labute approximate surface area is 63.4 Å². The highest BCUT2D eigenvalue weighted by atomic mass is 15.0. The van der Waals surface area contributed by atoms with Crippen LogP contribution in [0.2, 0.25) is 0 Å². The fourth-order valence-electron chi connectivity index (χ4n) is 1.16. The second-order valence-corrected chi connectivity index (χ2v) is 3.19. The molecular formula is C8H17N2-. The van der Waals surface area contributed by atoms with E-state index in [1.165, 1.54) is 19.4 Å². The molecule has 0 aliphatic carbocycles. The zero-order valence-electron chi connectivity index (χ0n) is 6.85. The molecule has 0 radical (unpaired) electrons. The monoisotopic (exact) mass is 141 g/mol. The van der Waals surface area contributed by atoms with E-state index >= 15 is 0 Å². The van der Waals surface area contributed by atoms with Gasteiger partial charge in [-0.25, -0.2) is 0 Å². The first kappa shape index (κ1) is 8.02.